The van der Waals surface area contributed by atoms with E-state index in [0.29, 0.717) is 17.9 Å². The summed E-state index contributed by atoms with van der Waals surface area (Å²) in [6.07, 6.45) is 2.15. The highest BCUT2D eigenvalue weighted by Gasteiger charge is 2.35. The fourth-order valence-electron chi connectivity index (χ4n) is 2.74. The molecule has 98 valence electrons. The first kappa shape index (κ1) is 12.8. The van der Waals surface area contributed by atoms with Crippen LogP contribution < -0.4 is 5.32 Å². The van der Waals surface area contributed by atoms with Crippen LogP contribution in [-0.2, 0) is 9.53 Å². The third kappa shape index (κ3) is 3.19. The van der Waals surface area contributed by atoms with Crippen molar-refractivity contribution in [3.63, 3.8) is 0 Å². The predicted molar refractivity (Wildman–Crippen MR) is 66.8 cm³/mol. The lowest BCUT2D eigenvalue weighted by Crippen LogP contribution is -2.52. The molecule has 2 saturated heterocycles. The number of carbonyl (C=O) groups excluding carboxylic acids is 1. The van der Waals surface area contributed by atoms with E-state index >= 15 is 0 Å². The lowest BCUT2D eigenvalue weighted by atomic mass is 9.92. The SMILES string of the molecule is CC(C)CCN1C(=O)COCC2CNCCC21. The molecule has 2 rings (SSSR count). The molecule has 2 aliphatic rings. The topological polar surface area (TPSA) is 41.6 Å². The van der Waals surface area contributed by atoms with Crippen molar-refractivity contribution in [1.29, 1.82) is 0 Å². The monoisotopic (exact) mass is 240 g/mol. The second-order valence-corrected chi connectivity index (χ2v) is 5.61. The molecule has 2 heterocycles. The van der Waals surface area contributed by atoms with Crippen LogP contribution in [0.3, 0.4) is 0 Å². The van der Waals surface area contributed by atoms with Gasteiger partial charge >= 0.3 is 0 Å². The van der Waals surface area contributed by atoms with Gasteiger partial charge in [-0.25, -0.2) is 0 Å². The summed E-state index contributed by atoms with van der Waals surface area (Å²) in [5, 5.41) is 3.39. The largest absolute Gasteiger partial charge is 0.371 e. The van der Waals surface area contributed by atoms with Crippen molar-refractivity contribution < 1.29 is 9.53 Å². The molecule has 0 aromatic carbocycles. The summed E-state index contributed by atoms with van der Waals surface area (Å²) in [5.74, 6) is 1.30. The minimum Gasteiger partial charge on any atom is -0.371 e. The Bertz CT molecular complexity index is 268. The zero-order chi connectivity index (χ0) is 12.3. The fourth-order valence-corrected chi connectivity index (χ4v) is 2.74. The zero-order valence-electron chi connectivity index (χ0n) is 10.9. The molecule has 0 bridgehead atoms. The highest BCUT2D eigenvalue weighted by Crippen LogP contribution is 2.22. The number of hydrogen-bond donors (Lipinski definition) is 1. The molecule has 2 aliphatic heterocycles. The summed E-state index contributed by atoms with van der Waals surface area (Å²) < 4.78 is 5.48. The molecule has 1 N–H and O–H groups in total. The Hall–Kier alpha value is -0.610. The summed E-state index contributed by atoms with van der Waals surface area (Å²) >= 11 is 0. The fraction of sp³-hybridized carbons (Fsp3) is 0.923. The molecule has 4 heteroatoms. The third-order valence-corrected chi connectivity index (χ3v) is 3.79. The van der Waals surface area contributed by atoms with E-state index in [1.165, 1.54) is 0 Å². The Labute approximate surface area is 104 Å². The van der Waals surface area contributed by atoms with Crippen LogP contribution in [0, 0.1) is 11.8 Å². The van der Waals surface area contributed by atoms with Gasteiger partial charge in [-0.15, -0.1) is 0 Å². The number of hydrogen-bond acceptors (Lipinski definition) is 3. The quantitative estimate of drug-likeness (QED) is 0.796. The van der Waals surface area contributed by atoms with E-state index in [4.69, 9.17) is 4.74 Å². The van der Waals surface area contributed by atoms with Gasteiger partial charge in [0.2, 0.25) is 5.91 Å². The smallest absolute Gasteiger partial charge is 0.248 e. The van der Waals surface area contributed by atoms with Gasteiger partial charge in [-0.05, 0) is 25.3 Å². The maximum atomic E-state index is 12.1. The van der Waals surface area contributed by atoms with Crippen LogP contribution in [0.25, 0.3) is 0 Å². The molecule has 4 nitrogen and oxygen atoms in total. The van der Waals surface area contributed by atoms with E-state index in [2.05, 4.69) is 24.1 Å². The summed E-state index contributed by atoms with van der Waals surface area (Å²) in [6, 6.07) is 0.394. The number of ether oxygens (including phenoxy) is 1. The third-order valence-electron chi connectivity index (χ3n) is 3.79. The molecule has 1 amide bonds. The van der Waals surface area contributed by atoms with Crippen LogP contribution in [0.2, 0.25) is 0 Å². The number of amides is 1. The Morgan fingerprint density at radius 2 is 2.35 bits per heavy atom. The molecule has 0 spiro atoms. The van der Waals surface area contributed by atoms with Crippen LogP contribution in [-0.4, -0.2) is 49.7 Å². The van der Waals surface area contributed by atoms with E-state index in [-0.39, 0.29) is 12.5 Å². The van der Waals surface area contributed by atoms with Crippen LogP contribution >= 0.6 is 0 Å². The summed E-state index contributed by atoms with van der Waals surface area (Å²) in [6.45, 7) is 8.30. The second-order valence-electron chi connectivity index (χ2n) is 5.61. The number of fused-ring (bicyclic) bond motifs is 1. The Morgan fingerprint density at radius 3 is 3.12 bits per heavy atom. The van der Waals surface area contributed by atoms with E-state index in [1.807, 2.05) is 0 Å². The van der Waals surface area contributed by atoms with Gasteiger partial charge in [-0.2, -0.15) is 0 Å². The van der Waals surface area contributed by atoms with Crippen LogP contribution in [0.15, 0.2) is 0 Å². The lowest BCUT2D eigenvalue weighted by Gasteiger charge is -2.38. The average molecular weight is 240 g/mol. The van der Waals surface area contributed by atoms with Crippen molar-refractivity contribution in [3.8, 4) is 0 Å². The van der Waals surface area contributed by atoms with Crippen molar-refractivity contribution in [1.82, 2.24) is 10.2 Å². The molecule has 2 atom stereocenters. The summed E-state index contributed by atoms with van der Waals surface area (Å²) in [5.41, 5.74) is 0. The van der Waals surface area contributed by atoms with Crippen molar-refractivity contribution in [2.24, 2.45) is 11.8 Å². The lowest BCUT2D eigenvalue weighted by molar-refractivity contribution is -0.136. The maximum absolute atomic E-state index is 12.1. The summed E-state index contributed by atoms with van der Waals surface area (Å²) in [7, 11) is 0. The molecule has 0 saturated carbocycles. The van der Waals surface area contributed by atoms with Gasteiger partial charge in [0, 0.05) is 25.0 Å². The predicted octanol–water partition coefficient (Wildman–Crippen LogP) is 0.869. The number of rotatable bonds is 3. The molecule has 0 aliphatic carbocycles. The minimum atomic E-state index is 0.181. The first-order chi connectivity index (χ1) is 8.18. The van der Waals surface area contributed by atoms with Crippen molar-refractivity contribution in [2.75, 3.05) is 32.8 Å². The highest BCUT2D eigenvalue weighted by atomic mass is 16.5. The summed E-state index contributed by atoms with van der Waals surface area (Å²) in [4.78, 5) is 14.1. The first-order valence-electron chi connectivity index (χ1n) is 6.76. The van der Waals surface area contributed by atoms with Gasteiger partial charge < -0.3 is 15.0 Å². The average Bonchev–Trinajstić information content (AvgIpc) is 2.45. The van der Waals surface area contributed by atoms with E-state index in [0.717, 1.165) is 39.1 Å². The number of carbonyl (C=O) groups is 1. The molecule has 2 fully saturated rings. The van der Waals surface area contributed by atoms with Gasteiger partial charge in [0.05, 0.1) is 6.61 Å². The van der Waals surface area contributed by atoms with Crippen LogP contribution in [0.4, 0.5) is 0 Å². The number of piperidine rings is 1. The standard InChI is InChI=1S/C13H24N2O2/c1-10(2)4-6-15-12-3-5-14-7-11(12)8-17-9-13(15)16/h10-12,14H,3-9H2,1-2H3. The molecular weight excluding hydrogens is 216 g/mol. The minimum absolute atomic E-state index is 0.181. The highest BCUT2D eigenvalue weighted by molar-refractivity contribution is 5.78. The van der Waals surface area contributed by atoms with Gasteiger partial charge in [0.25, 0.3) is 0 Å². The molecular formula is C13H24N2O2. The Morgan fingerprint density at radius 1 is 1.53 bits per heavy atom. The number of nitrogens with one attached hydrogen (secondary N) is 1. The van der Waals surface area contributed by atoms with Crippen molar-refractivity contribution >= 4 is 5.91 Å². The number of nitrogens with zero attached hydrogens (tertiary/aromatic N) is 1. The maximum Gasteiger partial charge on any atom is 0.248 e. The van der Waals surface area contributed by atoms with Gasteiger partial charge in [-0.1, -0.05) is 13.8 Å². The molecule has 2 unspecified atom stereocenters. The molecule has 0 radical (unpaired) electrons. The van der Waals surface area contributed by atoms with Gasteiger partial charge in [0.1, 0.15) is 6.61 Å². The van der Waals surface area contributed by atoms with Crippen LogP contribution in [0.5, 0.6) is 0 Å². The Kier molecular flexibility index (Phi) is 4.40. The van der Waals surface area contributed by atoms with Gasteiger partial charge in [0.15, 0.2) is 0 Å². The van der Waals surface area contributed by atoms with Crippen molar-refractivity contribution in [2.45, 2.75) is 32.7 Å². The first-order valence-corrected chi connectivity index (χ1v) is 6.76. The van der Waals surface area contributed by atoms with Gasteiger partial charge in [-0.3, -0.25) is 4.79 Å². The van der Waals surface area contributed by atoms with E-state index < -0.39 is 0 Å². The van der Waals surface area contributed by atoms with Crippen LogP contribution in [0.1, 0.15) is 26.7 Å². The van der Waals surface area contributed by atoms with Crippen molar-refractivity contribution in [3.05, 3.63) is 0 Å². The van der Waals surface area contributed by atoms with E-state index in [1.54, 1.807) is 0 Å². The zero-order valence-corrected chi connectivity index (χ0v) is 10.9. The molecule has 17 heavy (non-hydrogen) atoms. The second kappa shape index (κ2) is 5.83. The normalized spacial score (nSPS) is 30.3. The Balaban J connectivity index is 2.03. The molecule has 0 aromatic heterocycles. The molecule has 0 aromatic rings. The van der Waals surface area contributed by atoms with E-state index in [9.17, 15) is 4.79 Å².